The summed E-state index contributed by atoms with van der Waals surface area (Å²) in [4.78, 5) is 17.0. The number of hydrogen-bond donors (Lipinski definition) is 0. The zero-order chi connectivity index (χ0) is 17.6. The van der Waals surface area contributed by atoms with Crippen molar-refractivity contribution in [3.8, 4) is 5.75 Å². The summed E-state index contributed by atoms with van der Waals surface area (Å²) in [6.07, 6.45) is 0.225. The zero-order valence-corrected chi connectivity index (χ0v) is 15.2. The topological polar surface area (TPSA) is 32.8 Å². The molecule has 25 heavy (non-hydrogen) atoms. The molecule has 1 saturated heterocycles. The van der Waals surface area contributed by atoms with Crippen LogP contribution in [0, 0.1) is 0 Å². The van der Waals surface area contributed by atoms with Crippen molar-refractivity contribution < 1.29 is 9.53 Å². The van der Waals surface area contributed by atoms with Crippen LogP contribution >= 0.6 is 11.6 Å². The van der Waals surface area contributed by atoms with E-state index in [4.69, 9.17) is 16.3 Å². The summed E-state index contributed by atoms with van der Waals surface area (Å²) >= 11 is 6.07. The lowest BCUT2D eigenvalue weighted by Crippen LogP contribution is -2.52. The van der Waals surface area contributed by atoms with Crippen molar-refractivity contribution in [2.45, 2.75) is 19.4 Å². The Hall–Kier alpha value is -2.20. The van der Waals surface area contributed by atoms with Crippen molar-refractivity contribution in [1.29, 1.82) is 0 Å². The predicted octanol–water partition coefficient (Wildman–Crippen LogP) is 3.85. The van der Waals surface area contributed by atoms with E-state index in [-0.39, 0.29) is 5.91 Å². The lowest BCUT2D eigenvalue weighted by molar-refractivity contribution is -0.139. The van der Waals surface area contributed by atoms with E-state index in [1.807, 2.05) is 60.4 Å². The Bertz CT molecular complexity index is 700. The summed E-state index contributed by atoms with van der Waals surface area (Å²) in [5.74, 6) is 0.803. The molecule has 0 saturated carbocycles. The third kappa shape index (κ3) is 4.45. The minimum atomic E-state index is -0.430. The van der Waals surface area contributed by atoms with Crippen LogP contribution in [0.25, 0.3) is 0 Å². The van der Waals surface area contributed by atoms with Gasteiger partial charge in [-0.3, -0.25) is 4.79 Å². The molecule has 1 heterocycles. The van der Waals surface area contributed by atoms with Gasteiger partial charge in [0.05, 0.1) is 0 Å². The van der Waals surface area contributed by atoms with Crippen molar-refractivity contribution in [2.24, 2.45) is 0 Å². The van der Waals surface area contributed by atoms with Crippen LogP contribution in [0.3, 0.4) is 0 Å². The van der Waals surface area contributed by atoms with E-state index >= 15 is 0 Å². The average Bonchev–Trinajstić information content (AvgIpc) is 2.66. The minimum absolute atomic E-state index is 0.0668. The van der Waals surface area contributed by atoms with E-state index in [1.54, 1.807) is 0 Å². The van der Waals surface area contributed by atoms with Crippen LogP contribution in [-0.2, 0) is 4.79 Å². The van der Waals surface area contributed by atoms with Gasteiger partial charge in [-0.15, -0.1) is 0 Å². The number of hydrogen-bond acceptors (Lipinski definition) is 3. The summed E-state index contributed by atoms with van der Waals surface area (Å²) in [5.41, 5.74) is 1.10. The van der Waals surface area contributed by atoms with Crippen molar-refractivity contribution in [1.82, 2.24) is 4.90 Å². The van der Waals surface area contributed by atoms with Gasteiger partial charge in [-0.05, 0) is 36.8 Å². The Morgan fingerprint density at radius 2 is 1.80 bits per heavy atom. The van der Waals surface area contributed by atoms with Crippen molar-refractivity contribution >= 4 is 23.2 Å². The standard InChI is InChI=1S/C20H23ClN2O2/c1-2-19(25-18-9-4-3-5-10-18)20(24)23-13-11-22(12-14-23)17-8-6-7-16(21)15-17/h3-10,15,19H,2,11-14H2,1H3. The van der Waals surface area contributed by atoms with E-state index < -0.39 is 6.10 Å². The molecule has 4 nitrogen and oxygen atoms in total. The molecule has 0 N–H and O–H groups in total. The Morgan fingerprint density at radius 3 is 2.44 bits per heavy atom. The number of halogens is 1. The number of nitrogens with zero attached hydrogens (tertiary/aromatic N) is 2. The Labute approximate surface area is 154 Å². The molecule has 1 fully saturated rings. The quantitative estimate of drug-likeness (QED) is 0.814. The molecular weight excluding hydrogens is 336 g/mol. The molecule has 0 aromatic heterocycles. The van der Waals surface area contributed by atoms with E-state index in [0.717, 1.165) is 29.5 Å². The molecule has 1 atom stereocenters. The largest absolute Gasteiger partial charge is 0.481 e. The van der Waals surface area contributed by atoms with Crippen LogP contribution in [0.1, 0.15) is 13.3 Å². The number of carbonyl (C=O) groups is 1. The summed E-state index contributed by atoms with van der Waals surface area (Å²) in [5, 5.41) is 0.735. The van der Waals surface area contributed by atoms with Crippen LogP contribution in [-0.4, -0.2) is 43.1 Å². The predicted molar refractivity (Wildman–Crippen MR) is 101 cm³/mol. The highest BCUT2D eigenvalue weighted by Gasteiger charge is 2.28. The third-order valence-electron chi connectivity index (χ3n) is 4.43. The van der Waals surface area contributed by atoms with Gasteiger partial charge in [-0.25, -0.2) is 0 Å². The van der Waals surface area contributed by atoms with Crippen LogP contribution in [0.5, 0.6) is 5.75 Å². The summed E-state index contributed by atoms with van der Waals surface area (Å²) in [7, 11) is 0. The van der Waals surface area contributed by atoms with Gasteiger partial charge >= 0.3 is 0 Å². The number of carbonyl (C=O) groups excluding carboxylic acids is 1. The van der Waals surface area contributed by atoms with Gasteiger partial charge in [-0.1, -0.05) is 42.8 Å². The number of amides is 1. The third-order valence-corrected chi connectivity index (χ3v) is 4.67. The molecular formula is C20H23ClN2O2. The van der Waals surface area contributed by atoms with Gasteiger partial charge in [0.25, 0.3) is 5.91 Å². The Morgan fingerprint density at radius 1 is 1.08 bits per heavy atom. The summed E-state index contributed by atoms with van der Waals surface area (Å²) in [6, 6.07) is 17.4. The van der Waals surface area contributed by atoms with E-state index in [2.05, 4.69) is 11.0 Å². The lowest BCUT2D eigenvalue weighted by atomic mass is 10.2. The molecule has 2 aromatic rings. The van der Waals surface area contributed by atoms with Crippen LogP contribution < -0.4 is 9.64 Å². The number of ether oxygens (including phenoxy) is 1. The molecule has 2 aromatic carbocycles. The van der Waals surface area contributed by atoms with Crippen molar-refractivity contribution in [3.05, 3.63) is 59.6 Å². The normalized spacial score (nSPS) is 15.8. The van der Waals surface area contributed by atoms with E-state index in [1.165, 1.54) is 0 Å². The number of para-hydroxylation sites is 1. The molecule has 3 rings (SSSR count). The van der Waals surface area contributed by atoms with Crippen LogP contribution in [0.4, 0.5) is 5.69 Å². The molecule has 0 bridgehead atoms. The second kappa shape index (κ2) is 8.26. The average molecular weight is 359 g/mol. The molecule has 5 heteroatoms. The van der Waals surface area contributed by atoms with Gasteiger partial charge in [0.2, 0.25) is 0 Å². The smallest absolute Gasteiger partial charge is 0.263 e. The van der Waals surface area contributed by atoms with Gasteiger partial charge < -0.3 is 14.5 Å². The van der Waals surface area contributed by atoms with Gasteiger partial charge in [-0.2, -0.15) is 0 Å². The maximum Gasteiger partial charge on any atom is 0.263 e. The molecule has 1 amide bonds. The fraction of sp³-hybridized carbons (Fsp3) is 0.350. The van der Waals surface area contributed by atoms with Crippen molar-refractivity contribution in [3.63, 3.8) is 0 Å². The summed E-state index contributed by atoms with van der Waals surface area (Å²) < 4.78 is 5.88. The Balaban J connectivity index is 1.58. The van der Waals surface area contributed by atoms with Gasteiger partial charge in [0.1, 0.15) is 5.75 Å². The molecule has 0 aliphatic carbocycles. The highest BCUT2D eigenvalue weighted by Crippen LogP contribution is 2.21. The fourth-order valence-electron chi connectivity index (χ4n) is 3.03. The number of rotatable bonds is 5. The second-order valence-corrected chi connectivity index (χ2v) is 6.56. The SMILES string of the molecule is CCC(Oc1ccccc1)C(=O)N1CCN(c2cccc(Cl)c2)CC1. The molecule has 132 valence electrons. The zero-order valence-electron chi connectivity index (χ0n) is 14.4. The number of anilines is 1. The first-order chi connectivity index (χ1) is 12.2. The first-order valence-corrected chi connectivity index (χ1v) is 9.06. The highest BCUT2D eigenvalue weighted by atomic mass is 35.5. The molecule has 1 unspecified atom stereocenters. The molecule has 1 aliphatic heterocycles. The fourth-order valence-corrected chi connectivity index (χ4v) is 3.22. The first-order valence-electron chi connectivity index (χ1n) is 8.68. The Kier molecular flexibility index (Phi) is 5.82. The van der Waals surface area contributed by atoms with Gasteiger partial charge in [0, 0.05) is 36.9 Å². The number of piperazine rings is 1. The lowest BCUT2D eigenvalue weighted by Gasteiger charge is -2.37. The van der Waals surface area contributed by atoms with Crippen LogP contribution in [0.15, 0.2) is 54.6 Å². The maximum atomic E-state index is 12.8. The monoisotopic (exact) mass is 358 g/mol. The van der Waals surface area contributed by atoms with Crippen molar-refractivity contribution in [2.75, 3.05) is 31.1 Å². The van der Waals surface area contributed by atoms with Crippen LogP contribution in [0.2, 0.25) is 5.02 Å². The molecule has 0 spiro atoms. The molecule has 0 radical (unpaired) electrons. The second-order valence-electron chi connectivity index (χ2n) is 6.12. The highest BCUT2D eigenvalue weighted by molar-refractivity contribution is 6.30. The first kappa shape index (κ1) is 17.6. The maximum absolute atomic E-state index is 12.8. The molecule has 1 aliphatic rings. The van der Waals surface area contributed by atoms with Gasteiger partial charge in [0.15, 0.2) is 6.10 Å². The van der Waals surface area contributed by atoms with E-state index in [0.29, 0.717) is 19.5 Å². The number of benzene rings is 2. The van der Waals surface area contributed by atoms with E-state index in [9.17, 15) is 4.79 Å². The summed E-state index contributed by atoms with van der Waals surface area (Å²) in [6.45, 7) is 4.97. The minimum Gasteiger partial charge on any atom is -0.481 e.